The van der Waals surface area contributed by atoms with Crippen LogP contribution in [0.2, 0.25) is 0 Å². The SMILES string of the molecule is CN.c1ccc(-c2ccccc2)cc1. The van der Waals surface area contributed by atoms with Crippen LogP contribution in [0.3, 0.4) is 0 Å². The molecule has 0 bridgehead atoms. The first kappa shape index (κ1) is 10.5. The molecule has 2 N–H and O–H groups in total. The first-order chi connectivity index (χ1) is 6.97. The van der Waals surface area contributed by atoms with Crippen molar-refractivity contribution in [3.8, 4) is 11.1 Å². The molecular formula is C13H15N. The van der Waals surface area contributed by atoms with Gasteiger partial charge in [-0.2, -0.15) is 0 Å². The van der Waals surface area contributed by atoms with E-state index in [1.165, 1.54) is 18.2 Å². The fraction of sp³-hybridized carbons (Fsp3) is 0.0769. The molecule has 0 amide bonds. The zero-order valence-corrected chi connectivity index (χ0v) is 8.35. The summed E-state index contributed by atoms with van der Waals surface area (Å²) in [6.07, 6.45) is 0. The third-order valence-electron chi connectivity index (χ3n) is 1.88. The normalized spacial score (nSPS) is 8.71. The predicted octanol–water partition coefficient (Wildman–Crippen LogP) is 2.93. The lowest BCUT2D eigenvalue weighted by molar-refractivity contribution is 1.48. The molecule has 0 unspecified atom stereocenters. The largest absolute Gasteiger partial charge is 0.333 e. The van der Waals surface area contributed by atoms with Crippen molar-refractivity contribution >= 4 is 0 Å². The summed E-state index contributed by atoms with van der Waals surface area (Å²) >= 11 is 0. The number of benzene rings is 2. The maximum Gasteiger partial charge on any atom is -0.0184 e. The molecule has 2 aromatic rings. The van der Waals surface area contributed by atoms with Crippen molar-refractivity contribution in [2.75, 3.05) is 7.05 Å². The molecule has 0 aromatic heterocycles. The lowest BCUT2D eigenvalue weighted by Crippen LogP contribution is -1.73. The third-order valence-corrected chi connectivity index (χ3v) is 1.88. The van der Waals surface area contributed by atoms with Gasteiger partial charge in [0, 0.05) is 0 Å². The van der Waals surface area contributed by atoms with Gasteiger partial charge in [0.25, 0.3) is 0 Å². The summed E-state index contributed by atoms with van der Waals surface area (Å²) in [5.41, 5.74) is 7.05. The van der Waals surface area contributed by atoms with Crippen molar-refractivity contribution in [3.63, 3.8) is 0 Å². The Morgan fingerprint density at radius 1 is 0.571 bits per heavy atom. The molecule has 0 fully saturated rings. The molecule has 0 atom stereocenters. The monoisotopic (exact) mass is 185 g/mol. The molecule has 0 radical (unpaired) electrons. The summed E-state index contributed by atoms with van der Waals surface area (Å²) < 4.78 is 0. The van der Waals surface area contributed by atoms with E-state index in [0.717, 1.165) is 0 Å². The minimum Gasteiger partial charge on any atom is -0.333 e. The van der Waals surface area contributed by atoms with Gasteiger partial charge in [-0.15, -0.1) is 0 Å². The maximum atomic E-state index is 4.50. The van der Waals surface area contributed by atoms with Gasteiger partial charge in [0.2, 0.25) is 0 Å². The molecule has 0 aliphatic carbocycles. The van der Waals surface area contributed by atoms with Gasteiger partial charge < -0.3 is 5.73 Å². The number of rotatable bonds is 1. The van der Waals surface area contributed by atoms with Crippen LogP contribution in [0.1, 0.15) is 0 Å². The highest BCUT2D eigenvalue weighted by Gasteiger charge is 1.91. The molecular weight excluding hydrogens is 170 g/mol. The summed E-state index contributed by atoms with van der Waals surface area (Å²) in [6, 6.07) is 20.8. The Balaban J connectivity index is 0.000000461. The minimum atomic E-state index is 1.28. The molecule has 0 aliphatic rings. The van der Waals surface area contributed by atoms with Crippen molar-refractivity contribution in [1.29, 1.82) is 0 Å². The van der Waals surface area contributed by atoms with Crippen molar-refractivity contribution < 1.29 is 0 Å². The van der Waals surface area contributed by atoms with E-state index in [2.05, 4.69) is 54.3 Å². The number of nitrogens with two attached hydrogens (primary N) is 1. The van der Waals surface area contributed by atoms with Crippen LogP contribution in [-0.2, 0) is 0 Å². The average molecular weight is 185 g/mol. The van der Waals surface area contributed by atoms with E-state index in [1.807, 2.05) is 12.1 Å². The molecule has 2 rings (SSSR count). The predicted molar refractivity (Wildman–Crippen MR) is 62.0 cm³/mol. The minimum absolute atomic E-state index is 1.28. The average Bonchev–Trinajstić information content (AvgIpc) is 2.34. The quantitative estimate of drug-likeness (QED) is 0.726. The highest BCUT2D eigenvalue weighted by atomic mass is 14.4. The van der Waals surface area contributed by atoms with Crippen molar-refractivity contribution in [1.82, 2.24) is 0 Å². The molecule has 0 saturated carbocycles. The zero-order valence-electron chi connectivity index (χ0n) is 8.35. The van der Waals surface area contributed by atoms with Crippen molar-refractivity contribution in [3.05, 3.63) is 60.7 Å². The van der Waals surface area contributed by atoms with E-state index in [4.69, 9.17) is 0 Å². The van der Waals surface area contributed by atoms with Crippen LogP contribution in [0.4, 0.5) is 0 Å². The van der Waals surface area contributed by atoms with Crippen LogP contribution in [0.25, 0.3) is 11.1 Å². The Morgan fingerprint density at radius 2 is 0.857 bits per heavy atom. The molecule has 14 heavy (non-hydrogen) atoms. The second-order valence-corrected chi connectivity index (χ2v) is 2.73. The van der Waals surface area contributed by atoms with Gasteiger partial charge in [-0.25, -0.2) is 0 Å². The number of hydrogen-bond donors (Lipinski definition) is 1. The lowest BCUT2D eigenvalue weighted by Gasteiger charge is -1.98. The number of hydrogen-bond acceptors (Lipinski definition) is 1. The fourth-order valence-corrected chi connectivity index (χ4v) is 1.26. The smallest absolute Gasteiger partial charge is 0.0184 e. The van der Waals surface area contributed by atoms with Gasteiger partial charge in [-0.3, -0.25) is 0 Å². The Kier molecular flexibility index (Phi) is 4.45. The summed E-state index contributed by atoms with van der Waals surface area (Å²) in [5, 5.41) is 0. The van der Waals surface area contributed by atoms with E-state index >= 15 is 0 Å². The van der Waals surface area contributed by atoms with E-state index in [9.17, 15) is 0 Å². The van der Waals surface area contributed by atoms with E-state index in [1.54, 1.807) is 0 Å². The second-order valence-electron chi connectivity index (χ2n) is 2.73. The van der Waals surface area contributed by atoms with Crippen molar-refractivity contribution in [2.45, 2.75) is 0 Å². The highest BCUT2D eigenvalue weighted by Crippen LogP contribution is 2.17. The Labute approximate surface area is 85.2 Å². The third kappa shape index (κ3) is 2.71. The molecule has 0 aliphatic heterocycles. The van der Waals surface area contributed by atoms with Gasteiger partial charge in [-0.05, 0) is 18.2 Å². The lowest BCUT2D eigenvalue weighted by atomic mass is 10.1. The molecule has 2 aromatic carbocycles. The van der Waals surface area contributed by atoms with Crippen molar-refractivity contribution in [2.24, 2.45) is 5.73 Å². The van der Waals surface area contributed by atoms with E-state index in [0.29, 0.717) is 0 Å². The summed E-state index contributed by atoms with van der Waals surface area (Å²) in [4.78, 5) is 0. The van der Waals surface area contributed by atoms with Gasteiger partial charge in [-0.1, -0.05) is 60.7 Å². The first-order valence-electron chi connectivity index (χ1n) is 4.65. The van der Waals surface area contributed by atoms with Crippen LogP contribution < -0.4 is 5.73 Å². The van der Waals surface area contributed by atoms with Gasteiger partial charge in [0.15, 0.2) is 0 Å². The molecule has 0 spiro atoms. The van der Waals surface area contributed by atoms with Gasteiger partial charge in [0.05, 0.1) is 0 Å². The zero-order chi connectivity index (χ0) is 10.2. The molecule has 0 heterocycles. The molecule has 72 valence electrons. The topological polar surface area (TPSA) is 26.0 Å². The van der Waals surface area contributed by atoms with Crippen LogP contribution >= 0.6 is 0 Å². The van der Waals surface area contributed by atoms with Crippen LogP contribution in [0.5, 0.6) is 0 Å². The fourth-order valence-electron chi connectivity index (χ4n) is 1.26. The van der Waals surface area contributed by atoms with Crippen LogP contribution in [0, 0.1) is 0 Å². The first-order valence-corrected chi connectivity index (χ1v) is 4.65. The van der Waals surface area contributed by atoms with Gasteiger partial charge >= 0.3 is 0 Å². The second kappa shape index (κ2) is 5.95. The Bertz CT molecular complexity index is 303. The Morgan fingerprint density at radius 3 is 1.14 bits per heavy atom. The standard InChI is InChI=1S/C12H10.CH5N/c1-3-7-11(8-4-1)12-9-5-2-6-10-12;1-2/h1-10H;2H2,1H3. The van der Waals surface area contributed by atoms with Gasteiger partial charge in [0.1, 0.15) is 0 Å². The summed E-state index contributed by atoms with van der Waals surface area (Å²) in [5.74, 6) is 0. The Hall–Kier alpha value is -1.60. The van der Waals surface area contributed by atoms with Crippen LogP contribution in [0.15, 0.2) is 60.7 Å². The van der Waals surface area contributed by atoms with E-state index in [-0.39, 0.29) is 0 Å². The van der Waals surface area contributed by atoms with E-state index < -0.39 is 0 Å². The summed E-state index contributed by atoms with van der Waals surface area (Å²) in [6.45, 7) is 0. The summed E-state index contributed by atoms with van der Waals surface area (Å²) in [7, 11) is 1.50. The highest BCUT2D eigenvalue weighted by molar-refractivity contribution is 5.62. The molecule has 1 nitrogen and oxygen atoms in total. The van der Waals surface area contributed by atoms with Crippen LogP contribution in [-0.4, -0.2) is 7.05 Å². The molecule has 1 heteroatoms. The molecule has 0 saturated heterocycles. The maximum absolute atomic E-state index is 4.50.